The number of hydrogen-bond acceptors (Lipinski definition) is 2. The highest BCUT2D eigenvalue weighted by molar-refractivity contribution is 5.95. The van der Waals surface area contributed by atoms with E-state index < -0.39 is 11.6 Å². The second kappa shape index (κ2) is 9.18. The highest BCUT2D eigenvalue weighted by Gasteiger charge is 2.07. The topological polar surface area (TPSA) is 65.5 Å². The van der Waals surface area contributed by atoms with Crippen molar-refractivity contribution in [3.8, 4) is 12.3 Å². The molecule has 2 aromatic carbocycles. The molecule has 0 aliphatic carbocycles. The summed E-state index contributed by atoms with van der Waals surface area (Å²) in [4.78, 5) is 15.9. The van der Waals surface area contributed by atoms with Gasteiger partial charge in [0.15, 0.2) is 5.96 Å². The number of anilines is 1. The van der Waals surface area contributed by atoms with Gasteiger partial charge in [-0.25, -0.2) is 8.78 Å². The Balaban J connectivity index is 1.85. The number of terminal acetylenes is 1. The van der Waals surface area contributed by atoms with E-state index in [-0.39, 0.29) is 30.5 Å². The number of aliphatic imine (C=N–C) groups is 1. The first-order valence-corrected chi connectivity index (χ1v) is 7.77. The van der Waals surface area contributed by atoms with Crippen LogP contribution in [0.1, 0.15) is 11.1 Å². The lowest BCUT2D eigenvalue weighted by Crippen LogP contribution is -2.41. The van der Waals surface area contributed by atoms with Gasteiger partial charge in [0.05, 0.1) is 6.54 Å². The Kier molecular flexibility index (Phi) is 6.68. The summed E-state index contributed by atoms with van der Waals surface area (Å²) in [6.07, 6.45) is 5.32. The Morgan fingerprint density at radius 2 is 2.00 bits per heavy atom. The standard InChI is InChI=1S/C19H18F2N4O/c1-3-13-5-4-6-16(9-13)25-18(26)12-24-19(22-2)23-11-14-10-15(20)7-8-17(14)21/h1,4-10H,11-12H2,2H3,(H,25,26)(H2,22,23,24). The first-order chi connectivity index (χ1) is 12.5. The molecule has 26 heavy (non-hydrogen) atoms. The van der Waals surface area contributed by atoms with Crippen LogP contribution in [0.5, 0.6) is 0 Å². The predicted molar refractivity (Wildman–Crippen MR) is 97.6 cm³/mol. The van der Waals surface area contributed by atoms with Crippen molar-refractivity contribution in [2.75, 3.05) is 18.9 Å². The lowest BCUT2D eigenvalue weighted by molar-refractivity contribution is -0.115. The maximum atomic E-state index is 13.6. The van der Waals surface area contributed by atoms with Crippen LogP contribution in [-0.2, 0) is 11.3 Å². The van der Waals surface area contributed by atoms with Gasteiger partial charge in [0.1, 0.15) is 11.6 Å². The van der Waals surface area contributed by atoms with Gasteiger partial charge in [-0.2, -0.15) is 0 Å². The number of nitrogens with zero attached hydrogens (tertiary/aromatic N) is 1. The number of amides is 1. The summed E-state index contributed by atoms with van der Waals surface area (Å²) in [5, 5.41) is 8.31. The van der Waals surface area contributed by atoms with Gasteiger partial charge >= 0.3 is 0 Å². The van der Waals surface area contributed by atoms with Crippen LogP contribution in [-0.4, -0.2) is 25.5 Å². The predicted octanol–water partition coefficient (Wildman–Crippen LogP) is 2.25. The van der Waals surface area contributed by atoms with Gasteiger partial charge in [-0.3, -0.25) is 9.79 Å². The van der Waals surface area contributed by atoms with E-state index in [1.165, 1.54) is 7.05 Å². The number of carbonyl (C=O) groups is 1. The third kappa shape index (κ3) is 5.60. The molecule has 134 valence electrons. The molecule has 0 aliphatic heterocycles. The number of hydrogen-bond donors (Lipinski definition) is 3. The Morgan fingerprint density at radius 3 is 2.73 bits per heavy atom. The fourth-order valence-corrected chi connectivity index (χ4v) is 2.13. The zero-order valence-electron chi connectivity index (χ0n) is 14.1. The van der Waals surface area contributed by atoms with E-state index in [0.29, 0.717) is 11.3 Å². The first-order valence-electron chi connectivity index (χ1n) is 7.77. The van der Waals surface area contributed by atoms with Gasteiger partial charge in [-0.15, -0.1) is 6.42 Å². The van der Waals surface area contributed by atoms with Crippen LogP contribution in [0.4, 0.5) is 14.5 Å². The second-order valence-corrected chi connectivity index (χ2v) is 5.29. The maximum Gasteiger partial charge on any atom is 0.243 e. The van der Waals surface area contributed by atoms with Crippen LogP contribution in [0.3, 0.4) is 0 Å². The summed E-state index contributed by atoms with van der Waals surface area (Å²) in [6.45, 7) is -0.0410. The fourth-order valence-electron chi connectivity index (χ4n) is 2.13. The fraction of sp³-hybridized carbons (Fsp3) is 0.158. The Labute approximate surface area is 150 Å². The van der Waals surface area contributed by atoms with Gasteiger partial charge in [-0.1, -0.05) is 12.0 Å². The quantitative estimate of drug-likeness (QED) is 0.437. The van der Waals surface area contributed by atoms with Gasteiger partial charge < -0.3 is 16.0 Å². The molecule has 0 fully saturated rings. The van der Waals surface area contributed by atoms with Crippen molar-refractivity contribution in [1.29, 1.82) is 0 Å². The first kappa shape index (κ1) is 18.9. The molecule has 2 rings (SSSR count). The zero-order chi connectivity index (χ0) is 18.9. The van der Waals surface area contributed by atoms with Crippen molar-refractivity contribution in [2.24, 2.45) is 4.99 Å². The van der Waals surface area contributed by atoms with E-state index in [9.17, 15) is 13.6 Å². The molecule has 0 radical (unpaired) electrons. The van der Waals surface area contributed by atoms with Gasteiger partial charge in [-0.05, 0) is 36.4 Å². The molecule has 3 N–H and O–H groups in total. The third-order valence-electron chi connectivity index (χ3n) is 3.41. The third-order valence-corrected chi connectivity index (χ3v) is 3.41. The molecule has 2 aromatic rings. The van der Waals surface area contributed by atoms with Crippen molar-refractivity contribution in [3.05, 3.63) is 65.2 Å². The van der Waals surface area contributed by atoms with Crippen LogP contribution in [0.2, 0.25) is 0 Å². The minimum absolute atomic E-state index is 0.0229. The number of carbonyl (C=O) groups excluding carboxylic acids is 1. The maximum absolute atomic E-state index is 13.6. The summed E-state index contributed by atoms with van der Waals surface area (Å²) in [7, 11) is 1.51. The second-order valence-electron chi connectivity index (χ2n) is 5.29. The molecule has 0 saturated heterocycles. The lowest BCUT2D eigenvalue weighted by Gasteiger charge is -2.12. The molecule has 7 heteroatoms. The van der Waals surface area contributed by atoms with E-state index in [4.69, 9.17) is 6.42 Å². The Hall–Kier alpha value is -3.40. The zero-order valence-corrected chi connectivity index (χ0v) is 14.1. The molecular formula is C19H18F2N4O. The van der Waals surface area contributed by atoms with E-state index in [2.05, 4.69) is 26.9 Å². The molecule has 0 unspecified atom stereocenters. The highest BCUT2D eigenvalue weighted by Crippen LogP contribution is 2.10. The van der Waals surface area contributed by atoms with Gasteiger partial charge in [0.2, 0.25) is 5.91 Å². The molecule has 0 saturated carbocycles. The van der Waals surface area contributed by atoms with E-state index in [1.54, 1.807) is 24.3 Å². The summed E-state index contributed by atoms with van der Waals surface area (Å²) >= 11 is 0. The summed E-state index contributed by atoms with van der Waals surface area (Å²) in [5.74, 6) is 1.40. The van der Waals surface area contributed by atoms with Crippen LogP contribution in [0, 0.1) is 24.0 Å². The van der Waals surface area contributed by atoms with Crippen molar-refractivity contribution < 1.29 is 13.6 Å². The number of benzene rings is 2. The molecule has 0 heterocycles. The van der Waals surface area contributed by atoms with E-state index >= 15 is 0 Å². The minimum atomic E-state index is -0.528. The largest absolute Gasteiger partial charge is 0.352 e. The van der Waals surface area contributed by atoms with Crippen LogP contribution in [0.25, 0.3) is 0 Å². The van der Waals surface area contributed by atoms with E-state index in [1.807, 2.05) is 0 Å². The molecule has 0 aliphatic rings. The van der Waals surface area contributed by atoms with Crippen LogP contribution in [0.15, 0.2) is 47.5 Å². The number of nitrogens with one attached hydrogen (secondary N) is 3. The molecule has 0 bridgehead atoms. The van der Waals surface area contributed by atoms with Gasteiger partial charge in [0, 0.05) is 30.4 Å². The van der Waals surface area contributed by atoms with Crippen molar-refractivity contribution >= 4 is 17.6 Å². The number of guanidine groups is 1. The highest BCUT2D eigenvalue weighted by atomic mass is 19.1. The molecule has 1 amide bonds. The van der Waals surface area contributed by atoms with Crippen molar-refractivity contribution in [1.82, 2.24) is 10.6 Å². The monoisotopic (exact) mass is 356 g/mol. The van der Waals surface area contributed by atoms with Crippen molar-refractivity contribution in [2.45, 2.75) is 6.54 Å². The van der Waals surface area contributed by atoms with Crippen LogP contribution >= 0.6 is 0 Å². The number of rotatable bonds is 5. The molecular weight excluding hydrogens is 338 g/mol. The summed E-state index contributed by atoms with van der Waals surface area (Å²) in [6, 6.07) is 10.1. The minimum Gasteiger partial charge on any atom is -0.352 e. The molecule has 0 atom stereocenters. The van der Waals surface area contributed by atoms with Crippen LogP contribution < -0.4 is 16.0 Å². The molecule has 5 nitrogen and oxygen atoms in total. The Bertz CT molecular complexity index is 859. The molecule has 0 spiro atoms. The summed E-state index contributed by atoms with van der Waals surface area (Å²) < 4.78 is 26.8. The lowest BCUT2D eigenvalue weighted by atomic mass is 10.2. The smallest absolute Gasteiger partial charge is 0.243 e. The van der Waals surface area contributed by atoms with E-state index in [0.717, 1.165) is 18.2 Å². The SMILES string of the molecule is C#Cc1cccc(NC(=O)CNC(=NC)NCc2cc(F)ccc2F)c1. The molecule has 0 aromatic heterocycles. The summed E-state index contributed by atoms with van der Waals surface area (Å²) in [5.41, 5.74) is 1.39. The van der Waals surface area contributed by atoms with Crippen molar-refractivity contribution in [3.63, 3.8) is 0 Å². The average molecular weight is 356 g/mol. The normalized spacial score (nSPS) is 10.8. The van der Waals surface area contributed by atoms with Gasteiger partial charge in [0.25, 0.3) is 0 Å². The average Bonchev–Trinajstić information content (AvgIpc) is 2.64. The Morgan fingerprint density at radius 1 is 1.19 bits per heavy atom. The number of halogens is 2.